The van der Waals surface area contributed by atoms with Crippen LogP contribution < -0.4 is 0 Å². The van der Waals surface area contributed by atoms with Crippen molar-refractivity contribution in [3.05, 3.63) is 33.3 Å². The van der Waals surface area contributed by atoms with Gasteiger partial charge in [-0.2, -0.15) is 0 Å². The Morgan fingerprint density at radius 3 is 2.83 bits per heavy atom. The van der Waals surface area contributed by atoms with Crippen LogP contribution >= 0.6 is 27.5 Å². The maximum Gasteiger partial charge on any atom is 0.190 e. The number of hydrogen-bond donors (Lipinski definition) is 0. The summed E-state index contributed by atoms with van der Waals surface area (Å²) in [6.45, 7) is 5.34. The van der Waals surface area contributed by atoms with E-state index < -0.39 is 30.4 Å². The van der Waals surface area contributed by atoms with E-state index in [1.54, 1.807) is 13.8 Å². The first-order chi connectivity index (χ1) is 10.8. The second kappa shape index (κ2) is 6.43. The van der Waals surface area contributed by atoms with Gasteiger partial charge in [-0.25, -0.2) is 0 Å². The molecule has 7 heteroatoms. The fourth-order valence-electron chi connectivity index (χ4n) is 2.83. The van der Waals surface area contributed by atoms with Crippen molar-refractivity contribution in [1.82, 2.24) is 0 Å². The largest absolute Gasteiger partial charge is 0.367 e. The number of carbonyl (C=O) groups is 1. The van der Waals surface area contributed by atoms with Crippen LogP contribution in [0.5, 0.6) is 0 Å². The third-order valence-electron chi connectivity index (χ3n) is 3.85. The number of ketones is 1. The standard InChI is InChI=1S/C16H18BrClO5/c1-8(19)12-13(14-15(21-12)23-16(2,3)22-14)20-7-9-5-4-6-10(17)11(9)18/h4-6,12-15H,7H2,1-3H3/t12-,13+,14-,15-/m1/s1. The molecule has 1 aromatic rings. The summed E-state index contributed by atoms with van der Waals surface area (Å²) in [7, 11) is 0. The lowest BCUT2D eigenvalue weighted by Gasteiger charge is -2.25. The van der Waals surface area contributed by atoms with Crippen molar-refractivity contribution in [3.63, 3.8) is 0 Å². The quantitative estimate of drug-likeness (QED) is 0.768. The number of ether oxygens (including phenoxy) is 4. The molecule has 0 unspecified atom stereocenters. The molecule has 0 radical (unpaired) electrons. The molecule has 3 rings (SSSR count). The van der Waals surface area contributed by atoms with Crippen molar-refractivity contribution in [1.29, 1.82) is 0 Å². The molecule has 2 aliphatic heterocycles. The number of Topliss-reactive ketones (excluding diaryl/α,β-unsaturated/α-hetero) is 1. The van der Waals surface area contributed by atoms with E-state index in [1.807, 2.05) is 18.2 Å². The van der Waals surface area contributed by atoms with Gasteiger partial charge < -0.3 is 18.9 Å². The summed E-state index contributed by atoms with van der Waals surface area (Å²) >= 11 is 9.64. The lowest BCUT2D eigenvalue weighted by Crippen LogP contribution is -2.39. The van der Waals surface area contributed by atoms with Crippen molar-refractivity contribution < 1.29 is 23.7 Å². The molecule has 2 heterocycles. The van der Waals surface area contributed by atoms with E-state index in [2.05, 4.69) is 15.9 Å². The fraction of sp³-hybridized carbons (Fsp3) is 0.562. The summed E-state index contributed by atoms with van der Waals surface area (Å²) in [5.41, 5.74) is 0.824. The monoisotopic (exact) mass is 404 g/mol. The molecule has 2 aliphatic rings. The Bertz CT molecular complexity index is 620. The smallest absolute Gasteiger partial charge is 0.190 e. The third-order valence-corrected chi connectivity index (χ3v) is 5.19. The molecule has 5 nitrogen and oxygen atoms in total. The summed E-state index contributed by atoms with van der Waals surface area (Å²) < 4.78 is 23.9. The van der Waals surface area contributed by atoms with Crippen molar-refractivity contribution in [2.45, 2.75) is 57.8 Å². The molecule has 0 bridgehead atoms. The SMILES string of the molecule is CC(=O)[C@H]1O[C@@H]2OC(C)(C)O[C@@H]2[C@H]1OCc1cccc(Br)c1Cl. The molecule has 0 N–H and O–H groups in total. The predicted molar refractivity (Wildman–Crippen MR) is 87.1 cm³/mol. The first kappa shape index (κ1) is 17.3. The van der Waals surface area contributed by atoms with Crippen LogP contribution in [0.4, 0.5) is 0 Å². The minimum atomic E-state index is -0.758. The Labute approximate surface area is 148 Å². The summed E-state index contributed by atoms with van der Waals surface area (Å²) in [5.74, 6) is -0.874. The van der Waals surface area contributed by atoms with Crippen molar-refractivity contribution in [3.8, 4) is 0 Å². The van der Waals surface area contributed by atoms with E-state index >= 15 is 0 Å². The van der Waals surface area contributed by atoms with Crippen LogP contribution in [0.25, 0.3) is 0 Å². The average Bonchev–Trinajstić information content (AvgIpc) is 2.93. The Morgan fingerprint density at radius 1 is 1.39 bits per heavy atom. The van der Waals surface area contributed by atoms with Gasteiger partial charge in [0, 0.05) is 4.47 Å². The van der Waals surface area contributed by atoms with Gasteiger partial charge in [0.05, 0.1) is 11.6 Å². The van der Waals surface area contributed by atoms with E-state index in [0.717, 1.165) is 10.0 Å². The first-order valence-corrected chi connectivity index (χ1v) is 8.51. The molecule has 4 atom stereocenters. The summed E-state index contributed by atoms with van der Waals surface area (Å²) in [6, 6.07) is 5.61. The normalized spacial score (nSPS) is 32.0. The third kappa shape index (κ3) is 3.48. The molecule has 0 aromatic heterocycles. The van der Waals surface area contributed by atoms with Crippen molar-refractivity contribution >= 4 is 33.3 Å². The molecule has 0 amide bonds. The Hall–Kier alpha value is -0.500. The van der Waals surface area contributed by atoms with Gasteiger partial charge in [-0.05, 0) is 48.3 Å². The Kier molecular flexibility index (Phi) is 4.84. The Balaban J connectivity index is 1.76. The Morgan fingerprint density at radius 2 is 2.13 bits per heavy atom. The number of benzene rings is 1. The van der Waals surface area contributed by atoms with Gasteiger partial charge in [0.2, 0.25) is 0 Å². The van der Waals surface area contributed by atoms with E-state index in [-0.39, 0.29) is 12.4 Å². The first-order valence-electron chi connectivity index (χ1n) is 7.34. The van der Waals surface area contributed by atoms with Crippen LogP contribution in [0, 0.1) is 0 Å². The lowest BCUT2D eigenvalue weighted by molar-refractivity contribution is -0.218. The van der Waals surface area contributed by atoms with E-state index in [4.69, 9.17) is 30.5 Å². The van der Waals surface area contributed by atoms with Gasteiger partial charge in [-0.1, -0.05) is 23.7 Å². The zero-order chi connectivity index (χ0) is 16.8. The molecule has 0 aliphatic carbocycles. The molecular formula is C16H18BrClO5. The molecule has 2 saturated heterocycles. The minimum absolute atomic E-state index is 0.116. The van der Waals surface area contributed by atoms with Crippen molar-refractivity contribution in [2.75, 3.05) is 0 Å². The van der Waals surface area contributed by atoms with E-state index in [9.17, 15) is 4.79 Å². The fourth-order valence-corrected chi connectivity index (χ4v) is 3.42. The number of hydrogen-bond acceptors (Lipinski definition) is 5. The highest BCUT2D eigenvalue weighted by Crippen LogP contribution is 2.39. The van der Waals surface area contributed by atoms with Crippen LogP contribution in [-0.2, 0) is 30.3 Å². The highest BCUT2D eigenvalue weighted by molar-refractivity contribution is 9.10. The lowest BCUT2D eigenvalue weighted by atomic mass is 10.1. The summed E-state index contributed by atoms with van der Waals surface area (Å²) in [5, 5.41) is 0.589. The van der Waals surface area contributed by atoms with Gasteiger partial charge in [0.25, 0.3) is 0 Å². The molecule has 1 aromatic carbocycles. The second-order valence-electron chi connectivity index (χ2n) is 6.12. The highest BCUT2D eigenvalue weighted by Gasteiger charge is 2.56. The number of rotatable bonds is 4. The second-order valence-corrected chi connectivity index (χ2v) is 7.36. The molecule has 0 saturated carbocycles. The van der Waals surface area contributed by atoms with E-state index in [1.165, 1.54) is 6.92 Å². The molecule has 2 fully saturated rings. The van der Waals surface area contributed by atoms with Gasteiger partial charge in [0.1, 0.15) is 18.3 Å². The van der Waals surface area contributed by atoms with Crippen LogP contribution in [0.2, 0.25) is 5.02 Å². The van der Waals surface area contributed by atoms with Gasteiger partial charge in [0.15, 0.2) is 17.9 Å². The number of halogens is 2. The molecular weight excluding hydrogens is 388 g/mol. The molecule has 0 spiro atoms. The molecule has 23 heavy (non-hydrogen) atoms. The summed E-state index contributed by atoms with van der Waals surface area (Å²) in [6.07, 6.45) is -2.27. The zero-order valence-electron chi connectivity index (χ0n) is 13.0. The van der Waals surface area contributed by atoms with Gasteiger partial charge in [-0.15, -0.1) is 0 Å². The van der Waals surface area contributed by atoms with Crippen LogP contribution in [0.1, 0.15) is 26.3 Å². The predicted octanol–water partition coefficient (Wildman–Crippen LogP) is 3.45. The van der Waals surface area contributed by atoms with Crippen LogP contribution in [0.3, 0.4) is 0 Å². The van der Waals surface area contributed by atoms with Gasteiger partial charge in [-0.3, -0.25) is 4.79 Å². The maximum atomic E-state index is 11.8. The number of carbonyl (C=O) groups excluding carboxylic acids is 1. The summed E-state index contributed by atoms with van der Waals surface area (Å²) in [4.78, 5) is 11.8. The molecule has 126 valence electrons. The van der Waals surface area contributed by atoms with E-state index in [0.29, 0.717) is 5.02 Å². The van der Waals surface area contributed by atoms with Crippen molar-refractivity contribution in [2.24, 2.45) is 0 Å². The van der Waals surface area contributed by atoms with Crippen LogP contribution in [0.15, 0.2) is 22.7 Å². The van der Waals surface area contributed by atoms with Gasteiger partial charge >= 0.3 is 0 Å². The highest BCUT2D eigenvalue weighted by atomic mass is 79.9. The zero-order valence-corrected chi connectivity index (χ0v) is 15.4. The minimum Gasteiger partial charge on any atom is -0.367 e. The average molecular weight is 406 g/mol. The topological polar surface area (TPSA) is 54.0 Å². The number of fused-ring (bicyclic) bond motifs is 1. The van der Waals surface area contributed by atoms with Crippen LogP contribution in [-0.4, -0.2) is 36.2 Å². The maximum absolute atomic E-state index is 11.8.